The maximum Gasteiger partial charge on any atom is 0.191 e. The third kappa shape index (κ3) is 5.96. The number of nitrogens with two attached hydrogens (primary N) is 1. The standard InChI is InChI=1S/C26H31FN4O/c27-25-18-20(12-14-24(25)21-8-3-1-4-9-21)11-13-23-19-22(30-32-23)10-7-15-29-26(28)31-16-5-2-6-17-31/h1,3-4,8-9,12,14,18-19H,2,5-7,10-11,13,15-17H2,(H2,28,29). The molecule has 0 radical (unpaired) electrons. The Morgan fingerprint density at radius 2 is 1.81 bits per heavy atom. The number of nitrogens with zero attached hydrogens (tertiary/aromatic N) is 3. The van der Waals surface area contributed by atoms with E-state index in [-0.39, 0.29) is 5.82 Å². The van der Waals surface area contributed by atoms with Crippen LogP contribution in [0, 0.1) is 5.82 Å². The van der Waals surface area contributed by atoms with Gasteiger partial charge in [0.25, 0.3) is 0 Å². The van der Waals surface area contributed by atoms with E-state index in [9.17, 15) is 4.39 Å². The molecule has 0 saturated carbocycles. The fourth-order valence-corrected chi connectivity index (χ4v) is 4.10. The average molecular weight is 435 g/mol. The van der Waals surface area contributed by atoms with Crippen molar-refractivity contribution in [3.63, 3.8) is 0 Å². The molecular weight excluding hydrogens is 403 g/mol. The third-order valence-corrected chi connectivity index (χ3v) is 5.93. The lowest BCUT2D eigenvalue weighted by Crippen LogP contribution is -2.40. The van der Waals surface area contributed by atoms with Crippen LogP contribution in [0.3, 0.4) is 0 Å². The summed E-state index contributed by atoms with van der Waals surface area (Å²) < 4.78 is 20.0. The van der Waals surface area contributed by atoms with Crippen molar-refractivity contribution < 1.29 is 8.91 Å². The van der Waals surface area contributed by atoms with Crippen molar-refractivity contribution in [1.29, 1.82) is 0 Å². The zero-order valence-corrected chi connectivity index (χ0v) is 18.5. The molecule has 2 aromatic carbocycles. The molecule has 1 saturated heterocycles. The van der Waals surface area contributed by atoms with Crippen LogP contribution in [0.4, 0.5) is 4.39 Å². The van der Waals surface area contributed by atoms with Crippen LogP contribution in [-0.4, -0.2) is 35.7 Å². The van der Waals surface area contributed by atoms with Gasteiger partial charge in [-0.3, -0.25) is 4.99 Å². The molecule has 0 aliphatic carbocycles. The fraction of sp³-hybridized carbons (Fsp3) is 0.385. The van der Waals surface area contributed by atoms with E-state index in [0.29, 0.717) is 30.9 Å². The third-order valence-electron chi connectivity index (χ3n) is 5.93. The molecule has 1 fully saturated rings. The van der Waals surface area contributed by atoms with Crippen molar-refractivity contribution in [2.24, 2.45) is 10.7 Å². The van der Waals surface area contributed by atoms with Gasteiger partial charge in [0.1, 0.15) is 11.6 Å². The lowest BCUT2D eigenvalue weighted by atomic mass is 10.0. The summed E-state index contributed by atoms with van der Waals surface area (Å²) >= 11 is 0. The molecule has 0 spiro atoms. The Kier molecular flexibility index (Phi) is 7.54. The first-order valence-corrected chi connectivity index (χ1v) is 11.5. The highest BCUT2D eigenvalue weighted by Crippen LogP contribution is 2.24. The van der Waals surface area contributed by atoms with Crippen LogP contribution in [0.25, 0.3) is 11.1 Å². The molecule has 168 valence electrons. The van der Waals surface area contributed by atoms with Gasteiger partial charge >= 0.3 is 0 Å². The Labute approximate surface area is 189 Å². The molecule has 3 aromatic rings. The van der Waals surface area contributed by atoms with Crippen molar-refractivity contribution in [2.75, 3.05) is 19.6 Å². The summed E-state index contributed by atoms with van der Waals surface area (Å²) in [5.41, 5.74) is 9.48. The van der Waals surface area contributed by atoms with Crippen LogP contribution >= 0.6 is 0 Å². The molecule has 0 unspecified atom stereocenters. The lowest BCUT2D eigenvalue weighted by Gasteiger charge is -2.27. The van der Waals surface area contributed by atoms with Gasteiger partial charge in [-0.15, -0.1) is 0 Å². The van der Waals surface area contributed by atoms with Gasteiger partial charge in [0, 0.05) is 37.7 Å². The Balaban J connectivity index is 1.23. The first-order chi connectivity index (χ1) is 15.7. The highest BCUT2D eigenvalue weighted by Gasteiger charge is 2.12. The largest absolute Gasteiger partial charge is 0.370 e. The van der Waals surface area contributed by atoms with E-state index in [0.717, 1.165) is 48.5 Å². The van der Waals surface area contributed by atoms with Crippen molar-refractivity contribution >= 4 is 5.96 Å². The van der Waals surface area contributed by atoms with Crippen molar-refractivity contribution in [2.45, 2.75) is 44.9 Å². The van der Waals surface area contributed by atoms with E-state index in [1.54, 1.807) is 6.07 Å². The van der Waals surface area contributed by atoms with Gasteiger partial charge in [0.2, 0.25) is 0 Å². The monoisotopic (exact) mass is 434 g/mol. The molecular formula is C26H31FN4O. The van der Waals surface area contributed by atoms with Crippen LogP contribution in [0.15, 0.2) is 64.1 Å². The van der Waals surface area contributed by atoms with E-state index < -0.39 is 0 Å². The second-order valence-corrected chi connectivity index (χ2v) is 8.36. The first-order valence-electron chi connectivity index (χ1n) is 11.5. The van der Waals surface area contributed by atoms with Gasteiger partial charge in [-0.1, -0.05) is 47.6 Å². The smallest absolute Gasteiger partial charge is 0.191 e. The minimum Gasteiger partial charge on any atom is -0.370 e. The second kappa shape index (κ2) is 10.9. The van der Waals surface area contributed by atoms with Gasteiger partial charge in [-0.2, -0.15) is 0 Å². The number of hydrogen-bond acceptors (Lipinski definition) is 3. The minimum atomic E-state index is -0.198. The van der Waals surface area contributed by atoms with Crippen LogP contribution < -0.4 is 5.73 Å². The maximum atomic E-state index is 14.6. The summed E-state index contributed by atoms with van der Waals surface area (Å²) in [7, 11) is 0. The van der Waals surface area contributed by atoms with E-state index in [4.69, 9.17) is 10.3 Å². The lowest BCUT2D eigenvalue weighted by molar-refractivity contribution is 0.338. The molecule has 1 aliphatic rings. The summed E-state index contributed by atoms with van der Waals surface area (Å²) in [6, 6.07) is 17.0. The predicted molar refractivity (Wildman–Crippen MR) is 126 cm³/mol. The van der Waals surface area contributed by atoms with Gasteiger partial charge in [-0.25, -0.2) is 4.39 Å². The number of hydrogen-bond donors (Lipinski definition) is 1. The molecule has 32 heavy (non-hydrogen) atoms. The minimum absolute atomic E-state index is 0.198. The van der Waals surface area contributed by atoms with E-state index in [1.807, 2.05) is 48.5 Å². The highest BCUT2D eigenvalue weighted by atomic mass is 19.1. The van der Waals surface area contributed by atoms with Gasteiger partial charge < -0.3 is 15.2 Å². The number of likely N-dealkylation sites (tertiary alicyclic amines) is 1. The van der Waals surface area contributed by atoms with Crippen LogP contribution in [0.2, 0.25) is 0 Å². The molecule has 0 amide bonds. The van der Waals surface area contributed by atoms with Crippen LogP contribution in [0.5, 0.6) is 0 Å². The molecule has 2 heterocycles. The van der Waals surface area contributed by atoms with Crippen molar-refractivity contribution in [1.82, 2.24) is 10.1 Å². The number of halogens is 1. The highest BCUT2D eigenvalue weighted by molar-refractivity contribution is 5.78. The Hall–Kier alpha value is -3.15. The number of aryl methyl sites for hydroxylation is 3. The Morgan fingerprint density at radius 1 is 1.00 bits per heavy atom. The molecule has 2 N–H and O–H groups in total. The fourth-order valence-electron chi connectivity index (χ4n) is 4.10. The van der Waals surface area contributed by atoms with E-state index >= 15 is 0 Å². The molecule has 1 aromatic heterocycles. The number of aliphatic imine (C=N–C) groups is 1. The SMILES string of the molecule is NC(=NCCCc1cc(CCc2ccc(-c3ccccc3)c(F)c2)on1)N1CCCCC1. The van der Waals surface area contributed by atoms with E-state index in [2.05, 4.69) is 15.0 Å². The van der Waals surface area contributed by atoms with Gasteiger partial charge in [0.15, 0.2) is 5.96 Å². The summed E-state index contributed by atoms with van der Waals surface area (Å²) in [4.78, 5) is 6.68. The van der Waals surface area contributed by atoms with Crippen molar-refractivity contribution in [3.05, 3.63) is 77.4 Å². The molecule has 0 atom stereocenters. The summed E-state index contributed by atoms with van der Waals surface area (Å²) in [6.45, 7) is 2.72. The Morgan fingerprint density at radius 3 is 2.59 bits per heavy atom. The molecule has 6 heteroatoms. The quantitative estimate of drug-likeness (QED) is 0.308. The average Bonchev–Trinajstić information content (AvgIpc) is 3.29. The summed E-state index contributed by atoms with van der Waals surface area (Å²) in [6.07, 6.45) is 6.76. The summed E-state index contributed by atoms with van der Waals surface area (Å²) in [5.74, 6) is 1.29. The maximum absolute atomic E-state index is 14.6. The Bertz CT molecular complexity index is 1030. The topological polar surface area (TPSA) is 67.6 Å². The first kappa shape index (κ1) is 22.1. The zero-order valence-electron chi connectivity index (χ0n) is 18.5. The molecule has 1 aliphatic heterocycles. The number of aromatic nitrogens is 1. The van der Waals surface area contributed by atoms with Crippen LogP contribution in [0.1, 0.15) is 42.7 Å². The number of piperidine rings is 1. The number of rotatable bonds is 8. The van der Waals surface area contributed by atoms with Gasteiger partial charge in [-0.05, 0) is 55.7 Å². The number of benzene rings is 2. The zero-order chi connectivity index (χ0) is 22.2. The van der Waals surface area contributed by atoms with Crippen molar-refractivity contribution in [3.8, 4) is 11.1 Å². The normalized spacial score (nSPS) is 14.7. The number of guanidine groups is 1. The summed E-state index contributed by atoms with van der Waals surface area (Å²) in [5, 5.41) is 4.17. The second-order valence-electron chi connectivity index (χ2n) is 8.36. The molecule has 5 nitrogen and oxygen atoms in total. The van der Waals surface area contributed by atoms with E-state index in [1.165, 1.54) is 19.3 Å². The van der Waals surface area contributed by atoms with Crippen LogP contribution in [-0.2, 0) is 19.3 Å². The predicted octanol–water partition coefficient (Wildman–Crippen LogP) is 5.00. The molecule has 0 bridgehead atoms. The van der Waals surface area contributed by atoms with Gasteiger partial charge in [0.05, 0.1) is 5.69 Å². The molecule has 4 rings (SSSR count).